The summed E-state index contributed by atoms with van der Waals surface area (Å²) in [6, 6.07) is 0.446. The molecule has 1 aliphatic rings. The zero-order valence-electron chi connectivity index (χ0n) is 12.7. The molecule has 0 bridgehead atoms. The van der Waals surface area contributed by atoms with Crippen molar-refractivity contribution >= 4 is 5.91 Å². The van der Waals surface area contributed by atoms with E-state index in [0.29, 0.717) is 25.0 Å². The standard InChI is InChI=1S/C14H30N4O/c1-12(2)4-5-16-14(19)11-17-6-8-18(9-7-17)13(3)10-15/h12-13H,4-11,15H2,1-3H3,(H,16,19). The number of nitrogens with zero attached hydrogens (tertiary/aromatic N) is 2. The highest BCUT2D eigenvalue weighted by Gasteiger charge is 2.21. The molecule has 0 saturated carbocycles. The quantitative estimate of drug-likeness (QED) is 0.689. The number of hydrogen-bond acceptors (Lipinski definition) is 4. The van der Waals surface area contributed by atoms with Gasteiger partial charge in [-0.25, -0.2) is 0 Å². The molecule has 1 atom stereocenters. The summed E-state index contributed by atoms with van der Waals surface area (Å²) < 4.78 is 0. The smallest absolute Gasteiger partial charge is 0.234 e. The summed E-state index contributed by atoms with van der Waals surface area (Å²) in [4.78, 5) is 16.4. The van der Waals surface area contributed by atoms with E-state index in [4.69, 9.17) is 5.73 Å². The van der Waals surface area contributed by atoms with Crippen molar-refractivity contribution in [2.24, 2.45) is 11.7 Å². The summed E-state index contributed by atoms with van der Waals surface area (Å²) in [5, 5.41) is 2.99. The van der Waals surface area contributed by atoms with Crippen LogP contribution in [0.15, 0.2) is 0 Å². The Hall–Kier alpha value is -0.650. The summed E-state index contributed by atoms with van der Waals surface area (Å²) in [5.74, 6) is 0.794. The van der Waals surface area contributed by atoms with Crippen LogP contribution in [0.25, 0.3) is 0 Å². The van der Waals surface area contributed by atoms with E-state index in [1.54, 1.807) is 0 Å². The number of nitrogens with one attached hydrogen (secondary N) is 1. The molecule has 5 heteroatoms. The number of rotatable bonds is 7. The van der Waals surface area contributed by atoms with E-state index >= 15 is 0 Å². The predicted molar refractivity (Wildman–Crippen MR) is 79.0 cm³/mol. The van der Waals surface area contributed by atoms with Gasteiger partial charge in [0, 0.05) is 45.3 Å². The lowest BCUT2D eigenvalue weighted by Gasteiger charge is -2.37. The molecule has 1 rings (SSSR count). The van der Waals surface area contributed by atoms with E-state index in [0.717, 1.165) is 39.1 Å². The molecule has 5 nitrogen and oxygen atoms in total. The van der Waals surface area contributed by atoms with Crippen LogP contribution in [0, 0.1) is 5.92 Å². The van der Waals surface area contributed by atoms with Crippen molar-refractivity contribution in [3.8, 4) is 0 Å². The fraction of sp³-hybridized carbons (Fsp3) is 0.929. The molecule has 0 radical (unpaired) electrons. The third kappa shape index (κ3) is 6.36. The Balaban J connectivity index is 2.16. The Labute approximate surface area is 117 Å². The van der Waals surface area contributed by atoms with Crippen LogP contribution in [0.1, 0.15) is 27.2 Å². The van der Waals surface area contributed by atoms with Crippen LogP contribution in [0.2, 0.25) is 0 Å². The number of amides is 1. The Morgan fingerprint density at radius 1 is 1.21 bits per heavy atom. The predicted octanol–water partition coefficient (Wildman–Crippen LogP) is 0.114. The highest BCUT2D eigenvalue weighted by Crippen LogP contribution is 2.05. The van der Waals surface area contributed by atoms with Gasteiger partial charge in [-0.2, -0.15) is 0 Å². The van der Waals surface area contributed by atoms with Gasteiger partial charge in [0.1, 0.15) is 0 Å². The van der Waals surface area contributed by atoms with E-state index in [-0.39, 0.29) is 5.91 Å². The fourth-order valence-electron chi connectivity index (χ4n) is 2.27. The molecule has 1 fully saturated rings. The van der Waals surface area contributed by atoms with Gasteiger partial charge in [-0.15, -0.1) is 0 Å². The van der Waals surface area contributed by atoms with Crippen LogP contribution in [0.5, 0.6) is 0 Å². The number of nitrogens with two attached hydrogens (primary N) is 1. The molecule has 1 saturated heterocycles. The number of carbonyl (C=O) groups excluding carboxylic acids is 1. The van der Waals surface area contributed by atoms with Gasteiger partial charge < -0.3 is 11.1 Å². The zero-order valence-corrected chi connectivity index (χ0v) is 12.7. The normalized spacial score (nSPS) is 19.6. The molecular formula is C14H30N4O. The number of hydrogen-bond donors (Lipinski definition) is 2. The van der Waals surface area contributed by atoms with Crippen molar-refractivity contribution in [2.75, 3.05) is 45.8 Å². The van der Waals surface area contributed by atoms with E-state index in [1.807, 2.05) is 0 Å². The molecule has 0 spiro atoms. The molecule has 0 aliphatic carbocycles. The second-order valence-electron chi connectivity index (χ2n) is 5.93. The van der Waals surface area contributed by atoms with Crippen LogP contribution in [-0.4, -0.2) is 67.6 Å². The van der Waals surface area contributed by atoms with E-state index in [2.05, 4.69) is 35.9 Å². The molecule has 19 heavy (non-hydrogen) atoms. The third-order valence-electron chi connectivity index (χ3n) is 3.78. The van der Waals surface area contributed by atoms with Gasteiger partial charge in [-0.05, 0) is 19.3 Å². The van der Waals surface area contributed by atoms with Crippen molar-refractivity contribution in [1.82, 2.24) is 15.1 Å². The SMILES string of the molecule is CC(C)CCNC(=O)CN1CCN(C(C)CN)CC1. The lowest BCUT2D eigenvalue weighted by Crippen LogP contribution is -2.53. The molecule has 0 aromatic carbocycles. The second kappa shape index (κ2) is 8.51. The van der Waals surface area contributed by atoms with Gasteiger partial charge in [0.05, 0.1) is 6.54 Å². The number of piperazine rings is 1. The van der Waals surface area contributed by atoms with Crippen molar-refractivity contribution in [3.63, 3.8) is 0 Å². The van der Waals surface area contributed by atoms with Gasteiger partial charge in [0.25, 0.3) is 0 Å². The first kappa shape index (κ1) is 16.4. The number of carbonyl (C=O) groups is 1. The van der Waals surface area contributed by atoms with Crippen molar-refractivity contribution in [1.29, 1.82) is 0 Å². The summed E-state index contributed by atoms with van der Waals surface area (Å²) in [7, 11) is 0. The average molecular weight is 270 g/mol. The first-order valence-corrected chi connectivity index (χ1v) is 7.46. The van der Waals surface area contributed by atoms with Crippen LogP contribution in [0.3, 0.4) is 0 Å². The molecule has 0 aromatic heterocycles. The third-order valence-corrected chi connectivity index (χ3v) is 3.78. The van der Waals surface area contributed by atoms with Gasteiger partial charge in [0.15, 0.2) is 0 Å². The highest BCUT2D eigenvalue weighted by atomic mass is 16.2. The Bertz CT molecular complexity index is 262. The fourth-order valence-corrected chi connectivity index (χ4v) is 2.27. The maximum Gasteiger partial charge on any atom is 0.234 e. The molecule has 0 aromatic rings. The minimum Gasteiger partial charge on any atom is -0.355 e. The highest BCUT2D eigenvalue weighted by molar-refractivity contribution is 5.77. The van der Waals surface area contributed by atoms with Gasteiger partial charge >= 0.3 is 0 Å². The second-order valence-corrected chi connectivity index (χ2v) is 5.93. The Morgan fingerprint density at radius 2 is 1.84 bits per heavy atom. The van der Waals surface area contributed by atoms with Crippen molar-refractivity contribution in [2.45, 2.75) is 33.2 Å². The Kier molecular flexibility index (Phi) is 7.34. The average Bonchev–Trinajstić information content (AvgIpc) is 2.38. The largest absolute Gasteiger partial charge is 0.355 e. The molecule has 1 amide bonds. The maximum atomic E-state index is 11.8. The van der Waals surface area contributed by atoms with Crippen LogP contribution >= 0.6 is 0 Å². The lowest BCUT2D eigenvalue weighted by atomic mass is 10.1. The lowest BCUT2D eigenvalue weighted by molar-refractivity contribution is -0.122. The summed E-state index contributed by atoms with van der Waals surface area (Å²) >= 11 is 0. The molecule has 1 unspecified atom stereocenters. The molecule has 1 heterocycles. The molecule has 112 valence electrons. The first-order chi connectivity index (χ1) is 9.02. The van der Waals surface area contributed by atoms with Gasteiger partial charge in [-0.1, -0.05) is 13.8 Å². The van der Waals surface area contributed by atoms with Gasteiger partial charge in [0.2, 0.25) is 5.91 Å². The summed E-state index contributed by atoms with van der Waals surface area (Å²) in [5.41, 5.74) is 5.68. The van der Waals surface area contributed by atoms with Crippen LogP contribution in [-0.2, 0) is 4.79 Å². The Morgan fingerprint density at radius 3 is 2.37 bits per heavy atom. The first-order valence-electron chi connectivity index (χ1n) is 7.46. The molecular weight excluding hydrogens is 240 g/mol. The van der Waals surface area contributed by atoms with Crippen LogP contribution in [0.4, 0.5) is 0 Å². The summed E-state index contributed by atoms with van der Waals surface area (Å²) in [6.45, 7) is 12.5. The summed E-state index contributed by atoms with van der Waals surface area (Å²) in [6.07, 6.45) is 1.05. The monoisotopic (exact) mass is 270 g/mol. The maximum absolute atomic E-state index is 11.8. The topological polar surface area (TPSA) is 61.6 Å². The van der Waals surface area contributed by atoms with E-state index in [9.17, 15) is 4.79 Å². The van der Waals surface area contributed by atoms with Gasteiger partial charge in [-0.3, -0.25) is 14.6 Å². The van der Waals surface area contributed by atoms with Crippen molar-refractivity contribution in [3.05, 3.63) is 0 Å². The minimum atomic E-state index is 0.154. The van der Waals surface area contributed by atoms with E-state index in [1.165, 1.54) is 0 Å². The van der Waals surface area contributed by atoms with Crippen LogP contribution < -0.4 is 11.1 Å². The van der Waals surface area contributed by atoms with Crippen molar-refractivity contribution < 1.29 is 4.79 Å². The molecule has 1 aliphatic heterocycles. The molecule has 3 N–H and O–H groups in total. The minimum absolute atomic E-state index is 0.154. The zero-order chi connectivity index (χ0) is 14.3. The van der Waals surface area contributed by atoms with E-state index < -0.39 is 0 Å².